The van der Waals surface area contributed by atoms with Crippen LogP contribution in [0.5, 0.6) is 23.0 Å². The summed E-state index contributed by atoms with van der Waals surface area (Å²) in [6.45, 7) is 4.26. The molecule has 0 saturated heterocycles. The van der Waals surface area contributed by atoms with E-state index in [1.165, 1.54) is 7.11 Å². The summed E-state index contributed by atoms with van der Waals surface area (Å²) in [5.74, 6) is 0.633. The predicted molar refractivity (Wildman–Crippen MR) is 127 cm³/mol. The van der Waals surface area contributed by atoms with Crippen LogP contribution in [0.1, 0.15) is 35.8 Å². The van der Waals surface area contributed by atoms with Crippen LogP contribution in [0.15, 0.2) is 59.9 Å². The van der Waals surface area contributed by atoms with Gasteiger partial charge >= 0.3 is 5.97 Å². The van der Waals surface area contributed by atoms with Crippen LogP contribution in [0.2, 0.25) is 0 Å². The Morgan fingerprint density at radius 2 is 1.71 bits per heavy atom. The zero-order chi connectivity index (χ0) is 24.7. The molecule has 35 heavy (non-hydrogen) atoms. The number of benzene rings is 2. The molecule has 0 radical (unpaired) electrons. The minimum atomic E-state index is -0.749. The van der Waals surface area contributed by atoms with Crippen molar-refractivity contribution in [1.82, 2.24) is 5.32 Å². The van der Waals surface area contributed by atoms with Crippen molar-refractivity contribution in [2.24, 2.45) is 5.92 Å². The lowest BCUT2D eigenvalue weighted by Gasteiger charge is -2.40. The number of carbonyl (C=O) groups is 2. The normalized spacial score (nSPS) is 22.9. The molecule has 0 fully saturated rings. The van der Waals surface area contributed by atoms with E-state index >= 15 is 0 Å². The molecule has 2 aliphatic heterocycles. The lowest BCUT2D eigenvalue weighted by atomic mass is 9.69. The molecule has 2 aromatic carbocycles. The highest BCUT2D eigenvalue weighted by Crippen LogP contribution is 2.49. The van der Waals surface area contributed by atoms with E-state index in [1.807, 2.05) is 30.3 Å². The molecule has 5 rings (SSSR count). The number of hydrogen-bond donors (Lipinski definition) is 1. The van der Waals surface area contributed by atoms with Crippen molar-refractivity contribution in [2.75, 3.05) is 28.1 Å². The summed E-state index contributed by atoms with van der Waals surface area (Å²) in [6.07, 6.45) is 0.891. The molecule has 8 nitrogen and oxygen atoms in total. The Morgan fingerprint density at radius 3 is 2.46 bits per heavy atom. The number of allylic oxidation sites excluding steroid dienone is 2. The van der Waals surface area contributed by atoms with E-state index in [0.29, 0.717) is 47.1 Å². The molecular formula is C27H27NO7. The molecule has 2 heterocycles. The van der Waals surface area contributed by atoms with Crippen LogP contribution in [0.25, 0.3) is 0 Å². The lowest BCUT2D eigenvalue weighted by molar-refractivity contribution is -0.144. The van der Waals surface area contributed by atoms with Crippen LogP contribution in [0.3, 0.4) is 0 Å². The molecule has 0 amide bonds. The quantitative estimate of drug-likeness (QED) is 0.650. The van der Waals surface area contributed by atoms with Crippen LogP contribution < -0.4 is 24.3 Å². The van der Waals surface area contributed by atoms with E-state index in [9.17, 15) is 9.59 Å². The maximum absolute atomic E-state index is 13.7. The molecule has 0 aromatic heterocycles. The van der Waals surface area contributed by atoms with Gasteiger partial charge in [0.15, 0.2) is 28.8 Å². The summed E-state index contributed by atoms with van der Waals surface area (Å²) in [6, 6.07) is 11.2. The summed E-state index contributed by atoms with van der Waals surface area (Å²) >= 11 is 0. The van der Waals surface area contributed by atoms with Gasteiger partial charge in [-0.25, -0.2) is 0 Å². The molecule has 3 unspecified atom stereocenters. The third kappa shape index (κ3) is 3.88. The van der Waals surface area contributed by atoms with Crippen LogP contribution >= 0.6 is 0 Å². The second-order valence-corrected chi connectivity index (χ2v) is 8.78. The molecular weight excluding hydrogens is 450 g/mol. The second-order valence-electron chi connectivity index (χ2n) is 8.78. The second kappa shape index (κ2) is 9.02. The Labute approximate surface area is 203 Å². The van der Waals surface area contributed by atoms with Crippen molar-refractivity contribution in [3.63, 3.8) is 0 Å². The fraction of sp³-hybridized carbons (Fsp3) is 0.333. The molecule has 0 spiro atoms. The molecule has 3 atom stereocenters. The van der Waals surface area contributed by atoms with E-state index in [-0.39, 0.29) is 18.5 Å². The predicted octanol–water partition coefficient (Wildman–Crippen LogP) is 3.82. The number of rotatable bonds is 5. The van der Waals surface area contributed by atoms with Crippen LogP contribution in [0.4, 0.5) is 0 Å². The average molecular weight is 478 g/mol. The fourth-order valence-electron chi connectivity index (χ4n) is 5.26. The summed E-state index contributed by atoms with van der Waals surface area (Å²) in [4.78, 5) is 26.5. The molecule has 2 aromatic rings. The number of Topliss-reactive ketones (excluding diaryl/α,β-unsaturated/α-hetero) is 1. The van der Waals surface area contributed by atoms with Gasteiger partial charge in [-0.05, 0) is 47.7 Å². The highest BCUT2D eigenvalue weighted by molar-refractivity contribution is 6.01. The number of fused-ring (bicyclic) bond motifs is 1. The number of ketones is 1. The van der Waals surface area contributed by atoms with Crippen molar-refractivity contribution in [3.8, 4) is 23.0 Å². The standard InChI is InChI=1S/C27H27NO7/c1-14-24(27(30)33-4)25(16-6-8-21-23(12-16)35-13-34-21)26-18(28-14)9-17(10-19(26)29)15-5-7-20(31-2)22(11-15)32-3/h5-8,11-12,17,24-25,28H,1,9-10,13H2,2-4H3. The third-order valence-electron chi connectivity index (χ3n) is 6.93. The van der Waals surface area contributed by atoms with Gasteiger partial charge in [0.2, 0.25) is 6.79 Å². The van der Waals surface area contributed by atoms with E-state index in [1.54, 1.807) is 20.3 Å². The van der Waals surface area contributed by atoms with Gasteiger partial charge in [-0.15, -0.1) is 0 Å². The number of methoxy groups -OCH3 is 3. The Balaban J connectivity index is 1.57. The van der Waals surface area contributed by atoms with Gasteiger partial charge in [0.1, 0.15) is 5.92 Å². The molecule has 0 bridgehead atoms. The lowest BCUT2D eigenvalue weighted by Crippen LogP contribution is -2.42. The number of ether oxygens (including phenoxy) is 5. The smallest absolute Gasteiger partial charge is 0.315 e. The average Bonchev–Trinajstić information content (AvgIpc) is 3.34. The van der Waals surface area contributed by atoms with Crippen molar-refractivity contribution in [3.05, 3.63) is 71.1 Å². The molecule has 182 valence electrons. The summed E-state index contributed by atoms with van der Waals surface area (Å²) in [5.41, 5.74) is 3.61. The van der Waals surface area contributed by atoms with Gasteiger partial charge in [-0.3, -0.25) is 9.59 Å². The largest absolute Gasteiger partial charge is 0.493 e. The molecule has 1 aliphatic carbocycles. The van der Waals surface area contributed by atoms with E-state index in [2.05, 4.69) is 11.9 Å². The maximum atomic E-state index is 13.7. The molecule has 1 N–H and O–H groups in total. The number of hydrogen-bond acceptors (Lipinski definition) is 8. The topological polar surface area (TPSA) is 92.3 Å². The highest BCUT2D eigenvalue weighted by Gasteiger charge is 2.45. The zero-order valence-corrected chi connectivity index (χ0v) is 19.9. The maximum Gasteiger partial charge on any atom is 0.315 e. The Kier molecular flexibility index (Phi) is 5.88. The van der Waals surface area contributed by atoms with Gasteiger partial charge in [-0.1, -0.05) is 18.7 Å². The van der Waals surface area contributed by atoms with Gasteiger partial charge in [0, 0.05) is 29.3 Å². The van der Waals surface area contributed by atoms with Gasteiger partial charge in [-0.2, -0.15) is 0 Å². The summed E-state index contributed by atoms with van der Waals surface area (Å²) < 4.78 is 26.9. The van der Waals surface area contributed by atoms with Crippen molar-refractivity contribution >= 4 is 11.8 Å². The van der Waals surface area contributed by atoms with Crippen molar-refractivity contribution in [1.29, 1.82) is 0 Å². The number of carbonyl (C=O) groups excluding carboxylic acids is 2. The first-order valence-electron chi connectivity index (χ1n) is 11.4. The minimum Gasteiger partial charge on any atom is -0.493 e. The first-order chi connectivity index (χ1) is 16.9. The monoisotopic (exact) mass is 477 g/mol. The van der Waals surface area contributed by atoms with E-state index in [0.717, 1.165) is 16.8 Å². The van der Waals surface area contributed by atoms with Crippen LogP contribution in [-0.2, 0) is 14.3 Å². The fourth-order valence-corrected chi connectivity index (χ4v) is 5.26. The van der Waals surface area contributed by atoms with E-state index in [4.69, 9.17) is 23.7 Å². The van der Waals surface area contributed by atoms with Crippen molar-refractivity contribution in [2.45, 2.75) is 24.7 Å². The Bertz CT molecular complexity index is 1250. The first kappa shape index (κ1) is 22.8. The molecule has 3 aliphatic rings. The van der Waals surface area contributed by atoms with Crippen LogP contribution in [0, 0.1) is 5.92 Å². The first-order valence-corrected chi connectivity index (χ1v) is 11.4. The third-order valence-corrected chi connectivity index (χ3v) is 6.93. The van der Waals surface area contributed by atoms with Gasteiger partial charge < -0.3 is 29.0 Å². The van der Waals surface area contributed by atoms with Gasteiger partial charge in [0.25, 0.3) is 0 Å². The SMILES string of the molecule is C=C1NC2=C(C(=O)CC(c3ccc(OC)c(OC)c3)C2)C(c2ccc3c(c2)OCO3)C1C(=O)OC. The zero-order valence-electron chi connectivity index (χ0n) is 19.9. The number of esters is 1. The summed E-state index contributed by atoms with van der Waals surface area (Å²) in [5, 5.41) is 3.27. The Morgan fingerprint density at radius 1 is 0.971 bits per heavy atom. The minimum absolute atomic E-state index is 0.0254. The molecule has 0 saturated carbocycles. The summed E-state index contributed by atoms with van der Waals surface area (Å²) in [7, 11) is 4.51. The van der Waals surface area contributed by atoms with Gasteiger partial charge in [0.05, 0.1) is 21.3 Å². The Hall–Kier alpha value is -3.94. The van der Waals surface area contributed by atoms with E-state index < -0.39 is 17.8 Å². The number of nitrogens with one attached hydrogen (secondary N) is 1. The van der Waals surface area contributed by atoms with Crippen molar-refractivity contribution < 1.29 is 33.3 Å². The van der Waals surface area contributed by atoms with Crippen LogP contribution in [-0.4, -0.2) is 39.9 Å². The molecule has 8 heteroatoms. The highest BCUT2D eigenvalue weighted by atomic mass is 16.7.